The molecule has 0 amide bonds. The molecule has 2 aromatic rings. The van der Waals surface area contributed by atoms with Crippen LogP contribution in [0.5, 0.6) is 0 Å². The van der Waals surface area contributed by atoms with Gasteiger partial charge in [-0.3, -0.25) is 0 Å². The molecule has 0 aliphatic heterocycles. The Labute approximate surface area is 101 Å². The minimum Gasteiger partial charge on any atom is -0.399 e. The number of nitrogen functional groups attached to an aromatic ring is 1. The third kappa shape index (κ3) is 2.22. The molecule has 17 heavy (non-hydrogen) atoms. The molecule has 0 aliphatic rings. The van der Waals surface area contributed by atoms with E-state index in [0.29, 0.717) is 0 Å². The maximum absolute atomic E-state index is 13.6. The molecule has 2 N–H and O–H groups in total. The Morgan fingerprint density at radius 1 is 0.882 bits per heavy atom. The molecule has 88 valence electrons. The largest absolute Gasteiger partial charge is 0.399 e. The number of rotatable bonds is 1. The summed E-state index contributed by atoms with van der Waals surface area (Å²) in [5.41, 5.74) is 5.16. The summed E-state index contributed by atoms with van der Waals surface area (Å²) in [4.78, 5) is 0. The molecule has 0 fully saturated rings. The second-order valence-corrected chi connectivity index (χ2v) is 3.90. The van der Waals surface area contributed by atoms with Gasteiger partial charge in [0.1, 0.15) is 17.5 Å². The monoisotopic (exact) mass is 257 g/mol. The predicted octanol–water partition coefficient (Wildman–Crippen LogP) is 4.01. The quantitative estimate of drug-likeness (QED) is 0.768. The van der Waals surface area contributed by atoms with Gasteiger partial charge in [0.25, 0.3) is 0 Å². The van der Waals surface area contributed by atoms with Gasteiger partial charge in [-0.15, -0.1) is 0 Å². The summed E-state index contributed by atoms with van der Waals surface area (Å²) >= 11 is 5.56. The molecule has 1 nitrogen and oxygen atoms in total. The van der Waals surface area contributed by atoms with Crippen LogP contribution in [0.3, 0.4) is 0 Å². The van der Waals surface area contributed by atoms with Gasteiger partial charge in [0.2, 0.25) is 0 Å². The van der Waals surface area contributed by atoms with Crippen molar-refractivity contribution in [3.8, 4) is 11.1 Å². The van der Waals surface area contributed by atoms with Crippen LogP contribution in [0.15, 0.2) is 30.3 Å². The average molecular weight is 258 g/mol. The van der Waals surface area contributed by atoms with Gasteiger partial charge in [-0.25, -0.2) is 13.2 Å². The van der Waals surface area contributed by atoms with Crippen molar-refractivity contribution in [1.29, 1.82) is 0 Å². The fourth-order valence-electron chi connectivity index (χ4n) is 1.52. The fourth-order valence-corrected chi connectivity index (χ4v) is 1.70. The first-order valence-electron chi connectivity index (χ1n) is 4.69. The predicted molar refractivity (Wildman–Crippen MR) is 61.2 cm³/mol. The molecule has 5 heteroatoms. The first kappa shape index (κ1) is 11.8. The van der Waals surface area contributed by atoms with Crippen molar-refractivity contribution in [3.05, 3.63) is 52.8 Å². The SMILES string of the molecule is Nc1cc(F)c(-c2ccc(F)c(Cl)c2)c(F)c1. The summed E-state index contributed by atoms with van der Waals surface area (Å²) in [6.07, 6.45) is 0. The highest BCUT2D eigenvalue weighted by Crippen LogP contribution is 2.30. The van der Waals surface area contributed by atoms with Crippen molar-refractivity contribution < 1.29 is 13.2 Å². The Balaban J connectivity index is 2.64. The van der Waals surface area contributed by atoms with Gasteiger partial charge in [0.05, 0.1) is 10.6 Å². The van der Waals surface area contributed by atoms with E-state index in [1.165, 1.54) is 6.07 Å². The van der Waals surface area contributed by atoms with Gasteiger partial charge >= 0.3 is 0 Å². The summed E-state index contributed by atoms with van der Waals surface area (Å²) < 4.78 is 40.1. The van der Waals surface area contributed by atoms with E-state index in [0.717, 1.165) is 24.3 Å². The van der Waals surface area contributed by atoms with Crippen molar-refractivity contribution in [2.45, 2.75) is 0 Å². The van der Waals surface area contributed by atoms with Crippen LogP contribution >= 0.6 is 11.6 Å². The van der Waals surface area contributed by atoms with Crippen LogP contribution in [0.2, 0.25) is 5.02 Å². The van der Waals surface area contributed by atoms with Gasteiger partial charge in [-0.1, -0.05) is 17.7 Å². The van der Waals surface area contributed by atoms with E-state index in [9.17, 15) is 13.2 Å². The van der Waals surface area contributed by atoms with Crippen molar-refractivity contribution in [3.63, 3.8) is 0 Å². The molecule has 0 aromatic heterocycles. The van der Waals surface area contributed by atoms with Crippen LogP contribution in [-0.4, -0.2) is 0 Å². The lowest BCUT2D eigenvalue weighted by Gasteiger charge is -2.07. The summed E-state index contributed by atoms with van der Waals surface area (Å²) in [5.74, 6) is -2.28. The highest BCUT2D eigenvalue weighted by molar-refractivity contribution is 6.31. The second kappa shape index (κ2) is 4.30. The lowest BCUT2D eigenvalue weighted by atomic mass is 10.0. The molecule has 0 saturated carbocycles. The number of hydrogen-bond acceptors (Lipinski definition) is 1. The molecule has 2 rings (SSSR count). The summed E-state index contributed by atoms with van der Waals surface area (Å²) in [6.45, 7) is 0. The first-order valence-corrected chi connectivity index (χ1v) is 5.07. The number of halogens is 4. The molecule has 0 spiro atoms. The topological polar surface area (TPSA) is 26.0 Å². The Morgan fingerprint density at radius 2 is 1.47 bits per heavy atom. The minimum absolute atomic E-state index is 0.0167. The zero-order valence-corrected chi connectivity index (χ0v) is 9.23. The molecule has 0 radical (unpaired) electrons. The molecular weight excluding hydrogens is 251 g/mol. The highest BCUT2D eigenvalue weighted by Gasteiger charge is 2.13. The molecule has 0 aliphatic carbocycles. The van der Waals surface area contributed by atoms with Crippen molar-refractivity contribution >= 4 is 17.3 Å². The van der Waals surface area contributed by atoms with E-state index >= 15 is 0 Å². The lowest BCUT2D eigenvalue weighted by molar-refractivity contribution is 0.590. The Kier molecular flexibility index (Phi) is 2.98. The smallest absolute Gasteiger partial charge is 0.141 e. The normalized spacial score (nSPS) is 10.6. The van der Waals surface area contributed by atoms with Crippen molar-refractivity contribution in [2.75, 3.05) is 5.73 Å². The van der Waals surface area contributed by atoms with E-state index in [1.54, 1.807) is 0 Å². The Morgan fingerprint density at radius 3 is 2.00 bits per heavy atom. The molecule has 0 atom stereocenters. The van der Waals surface area contributed by atoms with Crippen LogP contribution in [-0.2, 0) is 0 Å². The van der Waals surface area contributed by atoms with Gasteiger partial charge in [-0.2, -0.15) is 0 Å². The van der Waals surface area contributed by atoms with Crippen LogP contribution < -0.4 is 5.73 Å². The van der Waals surface area contributed by atoms with E-state index in [2.05, 4.69) is 0 Å². The van der Waals surface area contributed by atoms with E-state index in [-0.39, 0.29) is 21.8 Å². The Hall–Kier alpha value is -1.68. The van der Waals surface area contributed by atoms with Gasteiger partial charge in [0, 0.05) is 5.69 Å². The van der Waals surface area contributed by atoms with Crippen molar-refractivity contribution in [2.24, 2.45) is 0 Å². The maximum Gasteiger partial charge on any atom is 0.141 e. The summed E-state index contributed by atoms with van der Waals surface area (Å²) in [7, 11) is 0. The van der Waals surface area contributed by atoms with Crippen LogP contribution in [0.4, 0.5) is 18.9 Å². The standard InChI is InChI=1S/C12H7ClF3N/c13-8-3-6(1-2-9(8)14)12-10(15)4-7(17)5-11(12)16/h1-5H,17H2. The van der Waals surface area contributed by atoms with Gasteiger partial charge < -0.3 is 5.73 Å². The zero-order valence-electron chi connectivity index (χ0n) is 8.48. The molecule has 0 heterocycles. The number of benzene rings is 2. The van der Waals surface area contributed by atoms with Crippen LogP contribution in [0.25, 0.3) is 11.1 Å². The first-order chi connectivity index (χ1) is 7.99. The highest BCUT2D eigenvalue weighted by atomic mass is 35.5. The molecule has 2 aromatic carbocycles. The number of anilines is 1. The maximum atomic E-state index is 13.6. The molecule has 0 unspecified atom stereocenters. The Bertz CT molecular complexity index is 561. The third-order valence-electron chi connectivity index (χ3n) is 2.27. The van der Waals surface area contributed by atoms with E-state index in [1.807, 2.05) is 0 Å². The number of nitrogens with two attached hydrogens (primary N) is 1. The third-order valence-corrected chi connectivity index (χ3v) is 2.56. The fraction of sp³-hybridized carbons (Fsp3) is 0. The van der Waals surface area contributed by atoms with E-state index in [4.69, 9.17) is 17.3 Å². The van der Waals surface area contributed by atoms with Gasteiger partial charge in [0.15, 0.2) is 0 Å². The van der Waals surface area contributed by atoms with E-state index < -0.39 is 17.5 Å². The second-order valence-electron chi connectivity index (χ2n) is 3.49. The zero-order chi connectivity index (χ0) is 12.6. The molecule has 0 saturated heterocycles. The molecular formula is C12H7ClF3N. The van der Waals surface area contributed by atoms with Gasteiger partial charge in [-0.05, 0) is 29.8 Å². The summed E-state index contributed by atoms with van der Waals surface area (Å²) in [6, 6.07) is 5.45. The minimum atomic E-state index is -0.815. The molecule has 0 bridgehead atoms. The summed E-state index contributed by atoms with van der Waals surface area (Å²) in [5, 5.41) is -0.196. The number of hydrogen-bond donors (Lipinski definition) is 1. The van der Waals surface area contributed by atoms with Crippen LogP contribution in [0, 0.1) is 17.5 Å². The lowest BCUT2D eigenvalue weighted by Crippen LogP contribution is -1.94. The van der Waals surface area contributed by atoms with Crippen molar-refractivity contribution in [1.82, 2.24) is 0 Å². The average Bonchev–Trinajstić information content (AvgIpc) is 2.21. The van der Waals surface area contributed by atoms with Crippen LogP contribution in [0.1, 0.15) is 0 Å².